The maximum Gasteiger partial charge on any atom is 0.331 e. The number of hydrogen-bond donors (Lipinski definition) is 3. The number of unbranched alkanes of at least 4 members (excludes halogenated alkanes) is 2. The fraction of sp³-hybridized carbons (Fsp3) is 0.444. The first-order valence-electron chi connectivity index (χ1n) is 12.1. The highest BCUT2D eigenvalue weighted by Crippen LogP contribution is 2.62. The highest BCUT2D eigenvalue weighted by molar-refractivity contribution is 8.24. The molecule has 0 aliphatic carbocycles. The monoisotopic (exact) mass is 519 g/mol. The Kier molecular flexibility index (Phi) is 9.58. The Morgan fingerprint density at radius 3 is 2.37 bits per heavy atom. The molecule has 2 aromatic carbocycles. The molecule has 8 heteroatoms. The Balaban J connectivity index is 2.20. The summed E-state index contributed by atoms with van der Waals surface area (Å²) in [5.41, 5.74) is 1.53. The quantitative estimate of drug-likeness (QED) is 0.157. The minimum absolute atomic E-state index is 0.247. The Morgan fingerprint density at radius 2 is 1.80 bits per heavy atom. The van der Waals surface area contributed by atoms with Crippen LogP contribution in [-0.4, -0.2) is 38.7 Å². The maximum absolute atomic E-state index is 11.6. The maximum atomic E-state index is 11.6. The molecule has 0 aromatic heterocycles. The van der Waals surface area contributed by atoms with Crippen molar-refractivity contribution < 1.29 is 23.7 Å². The highest BCUT2D eigenvalue weighted by atomic mass is 32.3. The van der Waals surface area contributed by atoms with Gasteiger partial charge in [-0.1, -0.05) is 57.7 Å². The summed E-state index contributed by atoms with van der Waals surface area (Å²) in [7, 11) is -3.15. The molecular formula is C27H37NO5S2. The first kappa shape index (κ1) is 27.5. The summed E-state index contributed by atoms with van der Waals surface area (Å²) in [5.74, 6) is -0.391. The molecule has 0 atom stereocenters. The second-order valence-corrected chi connectivity index (χ2v) is 12.1. The number of ether oxygens (including phenoxy) is 1. The molecular weight excluding hydrogens is 482 g/mol. The smallest absolute Gasteiger partial charge is 0.331 e. The minimum Gasteiger partial charge on any atom is -0.478 e. The van der Waals surface area contributed by atoms with Crippen molar-refractivity contribution in [2.24, 2.45) is 5.41 Å². The van der Waals surface area contributed by atoms with Gasteiger partial charge in [0, 0.05) is 29.5 Å². The van der Waals surface area contributed by atoms with Gasteiger partial charge in [-0.2, -0.15) is 10.6 Å². The van der Waals surface area contributed by atoms with E-state index in [1.807, 2.05) is 30.5 Å². The molecule has 0 fully saturated rings. The van der Waals surface area contributed by atoms with Crippen LogP contribution < -0.4 is 9.64 Å². The number of anilines is 2. The summed E-state index contributed by atoms with van der Waals surface area (Å²) >= 11 is 1.47. The van der Waals surface area contributed by atoms with Crippen molar-refractivity contribution in [2.45, 2.75) is 62.2 Å². The van der Waals surface area contributed by atoms with Gasteiger partial charge in [-0.3, -0.25) is 9.11 Å². The topological polar surface area (TPSA) is 90.2 Å². The van der Waals surface area contributed by atoms with Crippen LogP contribution in [0.5, 0.6) is 5.75 Å². The van der Waals surface area contributed by atoms with Crippen LogP contribution in [0.15, 0.2) is 64.6 Å². The van der Waals surface area contributed by atoms with Crippen molar-refractivity contribution in [3.8, 4) is 5.75 Å². The van der Waals surface area contributed by atoms with Gasteiger partial charge in [0.25, 0.3) is 0 Å². The van der Waals surface area contributed by atoms with Gasteiger partial charge in [0.05, 0.1) is 27.8 Å². The summed E-state index contributed by atoms with van der Waals surface area (Å²) in [6, 6.07) is 13.7. The molecule has 1 aliphatic rings. The van der Waals surface area contributed by atoms with Gasteiger partial charge < -0.3 is 14.7 Å². The number of rotatable bonds is 11. The van der Waals surface area contributed by atoms with Crippen LogP contribution in [0.25, 0.3) is 0 Å². The Bertz CT molecular complexity index is 1020. The van der Waals surface area contributed by atoms with Crippen molar-refractivity contribution in [3.05, 3.63) is 54.8 Å². The molecule has 6 nitrogen and oxygen atoms in total. The first-order chi connectivity index (χ1) is 16.7. The van der Waals surface area contributed by atoms with Crippen molar-refractivity contribution in [3.63, 3.8) is 0 Å². The van der Waals surface area contributed by atoms with Crippen LogP contribution in [0.3, 0.4) is 0 Å². The average molecular weight is 520 g/mol. The van der Waals surface area contributed by atoms with E-state index >= 15 is 0 Å². The third-order valence-electron chi connectivity index (χ3n) is 6.48. The molecule has 0 spiro atoms. The number of benzene rings is 2. The summed E-state index contributed by atoms with van der Waals surface area (Å²) in [6.45, 7) is 5.04. The van der Waals surface area contributed by atoms with Crippen molar-refractivity contribution in [2.75, 3.05) is 23.5 Å². The van der Waals surface area contributed by atoms with Gasteiger partial charge in [0.1, 0.15) is 5.75 Å². The molecule has 3 rings (SSSR count). The zero-order chi connectivity index (χ0) is 25.5. The van der Waals surface area contributed by atoms with E-state index < -0.39 is 16.6 Å². The van der Waals surface area contributed by atoms with Crippen LogP contribution >= 0.6 is 22.4 Å². The molecule has 0 amide bonds. The number of hydrogen-bond acceptors (Lipinski definition) is 6. The van der Waals surface area contributed by atoms with Crippen LogP contribution in [-0.2, 0) is 4.79 Å². The number of fused-ring (bicyclic) bond motifs is 1. The Labute approximate surface area is 214 Å². The molecule has 0 saturated carbocycles. The predicted molar refractivity (Wildman–Crippen MR) is 147 cm³/mol. The number of nitrogens with zero attached hydrogens (tertiary/aromatic N) is 1. The molecule has 2 aromatic rings. The summed E-state index contributed by atoms with van der Waals surface area (Å²) in [4.78, 5) is 14.4. The molecule has 192 valence electrons. The van der Waals surface area contributed by atoms with Crippen LogP contribution in [0.2, 0.25) is 0 Å². The van der Waals surface area contributed by atoms with Gasteiger partial charge in [-0.25, -0.2) is 4.79 Å². The van der Waals surface area contributed by atoms with Gasteiger partial charge in [-0.05, 0) is 37.3 Å². The van der Waals surface area contributed by atoms with Gasteiger partial charge >= 0.3 is 5.97 Å². The van der Waals surface area contributed by atoms with Gasteiger partial charge in [0.2, 0.25) is 0 Å². The van der Waals surface area contributed by atoms with E-state index in [1.54, 1.807) is 6.07 Å². The lowest BCUT2D eigenvalue weighted by molar-refractivity contribution is -0.131. The largest absolute Gasteiger partial charge is 0.478 e. The van der Waals surface area contributed by atoms with E-state index in [-0.39, 0.29) is 5.41 Å². The molecule has 35 heavy (non-hydrogen) atoms. The van der Waals surface area contributed by atoms with Crippen LogP contribution in [0.4, 0.5) is 11.4 Å². The summed E-state index contributed by atoms with van der Waals surface area (Å²) in [6.07, 6.45) is 9.98. The molecule has 0 radical (unpaired) electrons. The fourth-order valence-electron chi connectivity index (χ4n) is 4.76. The first-order valence-corrected chi connectivity index (χ1v) is 15.1. The van der Waals surface area contributed by atoms with Crippen LogP contribution in [0, 0.1) is 5.41 Å². The van der Waals surface area contributed by atoms with E-state index in [0.717, 1.165) is 67.1 Å². The molecule has 0 saturated heterocycles. The van der Waals surface area contributed by atoms with Crippen molar-refractivity contribution in [1.29, 1.82) is 0 Å². The Morgan fingerprint density at radius 1 is 1.14 bits per heavy atom. The lowest BCUT2D eigenvalue weighted by atomic mass is 9.79. The van der Waals surface area contributed by atoms with E-state index in [0.29, 0.717) is 22.9 Å². The standard InChI is InChI=1S/C27H37NO5S2/c1-4-6-14-27(15-7-5-2)19-28(21-11-9-8-10-12-21)22-17-24(34-3)23(33-16-13-26(29)30)18-25(22)35(31,32)20-27/h8-13,16-18,31-32H,4-7,14-15,19-20H2,1-3H3,(H,29,30). The third kappa shape index (κ3) is 6.76. The SMILES string of the molecule is CCCCC1(CCCC)CN(c2ccccc2)c2cc(SC)c(OC=CC(=O)O)cc2S(O)(O)C1. The van der Waals surface area contributed by atoms with E-state index in [9.17, 15) is 13.9 Å². The zero-order valence-electron chi connectivity index (χ0n) is 20.8. The van der Waals surface area contributed by atoms with E-state index in [2.05, 4.69) is 30.9 Å². The number of para-hydroxylation sites is 1. The predicted octanol–water partition coefficient (Wildman–Crippen LogP) is 8.01. The third-order valence-corrected chi connectivity index (χ3v) is 9.29. The van der Waals surface area contributed by atoms with E-state index in [1.165, 1.54) is 11.8 Å². The number of thioether (sulfide) groups is 1. The molecule has 0 bridgehead atoms. The van der Waals surface area contributed by atoms with Gasteiger partial charge in [-0.15, -0.1) is 11.8 Å². The average Bonchev–Trinajstić information content (AvgIpc) is 2.93. The number of carboxylic acids is 1. The number of carboxylic acid groups (broad SMARTS) is 1. The molecule has 1 aliphatic heterocycles. The minimum atomic E-state index is -3.15. The lowest BCUT2D eigenvalue weighted by Gasteiger charge is -2.42. The summed E-state index contributed by atoms with van der Waals surface area (Å²) in [5, 5.41) is 8.94. The molecule has 1 heterocycles. The zero-order valence-corrected chi connectivity index (χ0v) is 22.4. The lowest BCUT2D eigenvalue weighted by Crippen LogP contribution is -2.37. The van der Waals surface area contributed by atoms with Gasteiger partial charge in [0.15, 0.2) is 0 Å². The van der Waals surface area contributed by atoms with Crippen LogP contribution in [0.1, 0.15) is 52.4 Å². The normalized spacial score (nSPS) is 17.6. The molecule has 0 unspecified atom stereocenters. The summed E-state index contributed by atoms with van der Waals surface area (Å²) < 4.78 is 28.9. The van der Waals surface area contributed by atoms with E-state index in [4.69, 9.17) is 9.84 Å². The number of aliphatic carboxylic acids is 1. The highest BCUT2D eigenvalue weighted by Gasteiger charge is 2.42. The van der Waals surface area contributed by atoms with Crippen molar-refractivity contribution >= 4 is 39.7 Å². The number of carbonyl (C=O) groups is 1. The second-order valence-electron chi connectivity index (χ2n) is 9.17. The molecule has 3 N–H and O–H groups in total. The fourth-order valence-corrected chi connectivity index (χ4v) is 7.49. The Hall–Kier alpha value is -2.13. The van der Waals surface area contributed by atoms with Crippen molar-refractivity contribution in [1.82, 2.24) is 0 Å². The second kappa shape index (κ2) is 12.2.